The molecular formula is C15H14FNO2. The van der Waals surface area contributed by atoms with E-state index in [2.05, 4.69) is 0 Å². The Labute approximate surface area is 110 Å². The number of hydrogen-bond acceptors (Lipinski definition) is 2. The molecule has 0 saturated heterocycles. The number of rotatable bonds is 5. The maximum absolute atomic E-state index is 13.5. The van der Waals surface area contributed by atoms with Crippen molar-refractivity contribution in [1.82, 2.24) is 0 Å². The predicted octanol–water partition coefficient (Wildman–Crippen LogP) is 2.42. The van der Waals surface area contributed by atoms with Crippen molar-refractivity contribution < 1.29 is 13.9 Å². The van der Waals surface area contributed by atoms with Crippen LogP contribution in [0.4, 0.5) is 4.39 Å². The number of amides is 1. The molecule has 4 heteroatoms. The van der Waals surface area contributed by atoms with Crippen LogP contribution in [0.5, 0.6) is 5.75 Å². The Hall–Kier alpha value is -2.36. The van der Waals surface area contributed by atoms with Gasteiger partial charge in [-0.1, -0.05) is 48.5 Å². The van der Waals surface area contributed by atoms with Crippen LogP contribution in [0.2, 0.25) is 0 Å². The van der Waals surface area contributed by atoms with Gasteiger partial charge in [0.2, 0.25) is 5.60 Å². The molecule has 2 aromatic carbocycles. The number of halogens is 1. The highest BCUT2D eigenvalue weighted by Gasteiger charge is 2.41. The van der Waals surface area contributed by atoms with Crippen LogP contribution in [0, 0.1) is 0 Å². The van der Waals surface area contributed by atoms with Gasteiger partial charge in [-0.25, -0.2) is 4.39 Å². The zero-order valence-electron chi connectivity index (χ0n) is 10.3. The summed E-state index contributed by atoms with van der Waals surface area (Å²) in [5.41, 5.74) is 3.97. The Morgan fingerprint density at radius 2 is 1.58 bits per heavy atom. The third-order valence-electron chi connectivity index (χ3n) is 2.86. The molecule has 19 heavy (non-hydrogen) atoms. The Morgan fingerprint density at radius 3 is 2.05 bits per heavy atom. The van der Waals surface area contributed by atoms with Crippen LogP contribution in [-0.4, -0.2) is 12.6 Å². The molecule has 3 nitrogen and oxygen atoms in total. The van der Waals surface area contributed by atoms with Gasteiger partial charge in [-0.3, -0.25) is 4.79 Å². The molecule has 0 heterocycles. The summed E-state index contributed by atoms with van der Waals surface area (Å²) < 4.78 is 19.1. The number of para-hydroxylation sites is 1. The number of carbonyl (C=O) groups excluding carboxylic acids is 1. The van der Waals surface area contributed by atoms with Crippen molar-refractivity contribution >= 4 is 5.91 Å². The number of alkyl halides is 1. The quantitative estimate of drug-likeness (QED) is 0.896. The van der Waals surface area contributed by atoms with E-state index >= 15 is 0 Å². The van der Waals surface area contributed by atoms with E-state index in [1.807, 2.05) is 0 Å². The largest absolute Gasteiger partial charge is 0.470 e. The van der Waals surface area contributed by atoms with Crippen molar-refractivity contribution in [2.45, 2.75) is 5.60 Å². The summed E-state index contributed by atoms with van der Waals surface area (Å²) in [6.45, 7) is -1.03. The summed E-state index contributed by atoms with van der Waals surface area (Å²) in [5, 5.41) is 0. The van der Waals surface area contributed by atoms with Crippen molar-refractivity contribution in [2.24, 2.45) is 5.73 Å². The molecule has 0 aliphatic carbocycles. The van der Waals surface area contributed by atoms with Crippen LogP contribution in [-0.2, 0) is 10.4 Å². The lowest BCUT2D eigenvalue weighted by Crippen LogP contribution is -2.48. The monoisotopic (exact) mass is 259 g/mol. The Bertz CT molecular complexity index is 545. The number of primary amides is 1. The van der Waals surface area contributed by atoms with E-state index in [0.29, 0.717) is 11.3 Å². The van der Waals surface area contributed by atoms with Crippen LogP contribution in [0.3, 0.4) is 0 Å². The first-order valence-corrected chi connectivity index (χ1v) is 5.84. The summed E-state index contributed by atoms with van der Waals surface area (Å²) in [6.07, 6.45) is 0. The van der Waals surface area contributed by atoms with E-state index in [9.17, 15) is 9.18 Å². The zero-order chi connectivity index (χ0) is 13.7. The third kappa shape index (κ3) is 2.57. The number of hydrogen-bond donors (Lipinski definition) is 1. The fraction of sp³-hybridized carbons (Fsp3) is 0.133. The minimum atomic E-state index is -1.79. The number of nitrogens with two attached hydrogens (primary N) is 1. The summed E-state index contributed by atoms with van der Waals surface area (Å²) in [4.78, 5) is 11.7. The maximum atomic E-state index is 13.5. The molecular weight excluding hydrogens is 245 g/mol. The zero-order valence-corrected chi connectivity index (χ0v) is 10.3. The molecule has 1 unspecified atom stereocenters. The van der Waals surface area contributed by atoms with Gasteiger partial charge in [-0.15, -0.1) is 0 Å². The van der Waals surface area contributed by atoms with Crippen LogP contribution in [0.15, 0.2) is 60.7 Å². The van der Waals surface area contributed by atoms with Gasteiger partial charge in [0.05, 0.1) is 0 Å². The maximum Gasteiger partial charge on any atom is 0.269 e. The molecule has 2 rings (SSSR count). The van der Waals surface area contributed by atoms with E-state index in [0.717, 1.165) is 0 Å². The van der Waals surface area contributed by atoms with Gasteiger partial charge in [-0.2, -0.15) is 0 Å². The van der Waals surface area contributed by atoms with E-state index in [4.69, 9.17) is 10.5 Å². The standard InChI is InChI=1S/C15H14FNO2/c16-11-15(14(17)18,12-7-3-1-4-8-12)19-13-9-5-2-6-10-13/h1-10H,11H2,(H2,17,18). The smallest absolute Gasteiger partial charge is 0.269 e. The van der Waals surface area contributed by atoms with Gasteiger partial charge in [0.1, 0.15) is 12.4 Å². The molecule has 0 aliphatic heterocycles. The van der Waals surface area contributed by atoms with Gasteiger partial charge < -0.3 is 10.5 Å². The minimum Gasteiger partial charge on any atom is -0.470 e. The lowest BCUT2D eigenvalue weighted by atomic mass is 9.94. The third-order valence-corrected chi connectivity index (χ3v) is 2.86. The summed E-state index contributed by atoms with van der Waals surface area (Å²) >= 11 is 0. The first-order valence-electron chi connectivity index (χ1n) is 5.84. The second-order valence-electron chi connectivity index (χ2n) is 4.11. The van der Waals surface area contributed by atoms with Gasteiger partial charge in [0, 0.05) is 5.56 Å². The molecule has 98 valence electrons. The molecule has 0 bridgehead atoms. The van der Waals surface area contributed by atoms with Gasteiger partial charge >= 0.3 is 0 Å². The Balaban J connectivity index is 2.44. The molecule has 0 aliphatic rings. The lowest BCUT2D eigenvalue weighted by molar-refractivity contribution is -0.135. The van der Waals surface area contributed by atoms with Crippen molar-refractivity contribution in [1.29, 1.82) is 0 Å². The lowest BCUT2D eigenvalue weighted by Gasteiger charge is -2.29. The molecule has 0 aromatic heterocycles. The predicted molar refractivity (Wildman–Crippen MR) is 70.4 cm³/mol. The fourth-order valence-corrected chi connectivity index (χ4v) is 1.82. The second-order valence-corrected chi connectivity index (χ2v) is 4.11. The highest BCUT2D eigenvalue weighted by Crippen LogP contribution is 2.28. The average molecular weight is 259 g/mol. The second kappa shape index (κ2) is 5.52. The van der Waals surface area contributed by atoms with Gasteiger partial charge in [-0.05, 0) is 12.1 Å². The molecule has 1 atom stereocenters. The van der Waals surface area contributed by atoms with E-state index in [-0.39, 0.29) is 0 Å². The SMILES string of the molecule is NC(=O)C(CF)(Oc1ccccc1)c1ccccc1. The average Bonchev–Trinajstić information content (AvgIpc) is 2.46. The van der Waals surface area contributed by atoms with Crippen molar-refractivity contribution in [3.05, 3.63) is 66.2 Å². The van der Waals surface area contributed by atoms with E-state index in [1.54, 1.807) is 60.7 Å². The summed E-state index contributed by atoms with van der Waals surface area (Å²) in [7, 11) is 0. The first-order chi connectivity index (χ1) is 9.19. The molecule has 0 radical (unpaired) electrons. The Kier molecular flexibility index (Phi) is 3.80. The topological polar surface area (TPSA) is 52.3 Å². The van der Waals surface area contributed by atoms with Crippen LogP contribution < -0.4 is 10.5 Å². The van der Waals surface area contributed by atoms with E-state index in [1.165, 1.54) is 0 Å². The number of carbonyl (C=O) groups is 1. The Morgan fingerprint density at radius 1 is 1.05 bits per heavy atom. The van der Waals surface area contributed by atoms with Crippen molar-refractivity contribution in [2.75, 3.05) is 6.67 Å². The van der Waals surface area contributed by atoms with E-state index < -0.39 is 18.2 Å². The summed E-state index contributed by atoms with van der Waals surface area (Å²) in [5.74, 6) is -0.465. The molecule has 2 aromatic rings. The van der Waals surface area contributed by atoms with Crippen LogP contribution in [0.25, 0.3) is 0 Å². The van der Waals surface area contributed by atoms with Gasteiger partial charge in [0.15, 0.2) is 0 Å². The fourth-order valence-electron chi connectivity index (χ4n) is 1.82. The highest BCUT2D eigenvalue weighted by molar-refractivity contribution is 5.85. The number of ether oxygens (including phenoxy) is 1. The van der Waals surface area contributed by atoms with Crippen LogP contribution in [0.1, 0.15) is 5.56 Å². The van der Waals surface area contributed by atoms with Crippen molar-refractivity contribution in [3.63, 3.8) is 0 Å². The van der Waals surface area contributed by atoms with Gasteiger partial charge in [0.25, 0.3) is 5.91 Å². The first kappa shape index (κ1) is 13.1. The molecule has 1 amide bonds. The van der Waals surface area contributed by atoms with Crippen molar-refractivity contribution in [3.8, 4) is 5.75 Å². The minimum absolute atomic E-state index is 0.391. The molecule has 0 saturated carbocycles. The highest BCUT2D eigenvalue weighted by atomic mass is 19.1. The molecule has 2 N–H and O–H groups in total. The molecule has 0 spiro atoms. The molecule has 0 fully saturated rings. The summed E-state index contributed by atoms with van der Waals surface area (Å²) in [6, 6.07) is 17.0. The van der Waals surface area contributed by atoms with Crippen LogP contribution >= 0.6 is 0 Å². The normalized spacial score (nSPS) is 13.5. The number of benzene rings is 2.